The fourth-order valence-electron chi connectivity index (χ4n) is 5.58. The SMILES string of the molecule is CC(C)CCCC(C)CCCC(C)CCCC(C)CCC(=O)OCCOC(=O)Nc1ccn([C@@H]2O[C@H](CO)C(O)C2(F)F)c(=O)n1. The van der Waals surface area contributed by atoms with Gasteiger partial charge in [-0.2, -0.15) is 13.8 Å². The minimum Gasteiger partial charge on any atom is -0.462 e. The first-order valence-corrected chi connectivity index (χ1v) is 16.7. The van der Waals surface area contributed by atoms with E-state index in [2.05, 4.69) is 44.9 Å². The van der Waals surface area contributed by atoms with E-state index in [1.807, 2.05) is 0 Å². The van der Waals surface area contributed by atoms with Crippen molar-refractivity contribution < 1.29 is 42.8 Å². The lowest BCUT2D eigenvalue weighted by Gasteiger charge is -2.21. The molecule has 1 fully saturated rings. The average molecular weight is 660 g/mol. The van der Waals surface area contributed by atoms with E-state index in [4.69, 9.17) is 19.3 Å². The summed E-state index contributed by atoms with van der Waals surface area (Å²) < 4.78 is 44.0. The normalized spacial score (nSPS) is 21.1. The van der Waals surface area contributed by atoms with E-state index < -0.39 is 42.7 Å². The number of halogens is 2. The molecule has 0 aliphatic carbocycles. The highest BCUT2D eigenvalue weighted by Gasteiger charge is 2.59. The molecule has 0 radical (unpaired) electrons. The molecule has 2 heterocycles. The highest BCUT2D eigenvalue weighted by atomic mass is 19.3. The molecule has 2 rings (SSSR count). The van der Waals surface area contributed by atoms with Crippen LogP contribution in [0.1, 0.15) is 111 Å². The average Bonchev–Trinajstić information content (AvgIpc) is 3.21. The Labute approximate surface area is 271 Å². The van der Waals surface area contributed by atoms with E-state index in [9.17, 15) is 28.3 Å². The zero-order valence-corrected chi connectivity index (χ0v) is 28.1. The van der Waals surface area contributed by atoms with Crippen molar-refractivity contribution >= 4 is 17.9 Å². The number of esters is 1. The lowest BCUT2D eigenvalue weighted by molar-refractivity contribution is -0.145. The van der Waals surface area contributed by atoms with Crippen LogP contribution in [-0.2, 0) is 19.0 Å². The van der Waals surface area contributed by atoms with Gasteiger partial charge in [-0.25, -0.2) is 9.59 Å². The Kier molecular flexibility index (Phi) is 17.1. The number of hydrogen-bond acceptors (Lipinski definition) is 9. The predicted octanol–water partition coefficient (Wildman–Crippen LogP) is 6.08. The van der Waals surface area contributed by atoms with Gasteiger partial charge in [0.2, 0.25) is 6.23 Å². The predicted molar refractivity (Wildman–Crippen MR) is 169 cm³/mol. The second-order valence-electron chi connectivity index (χ2n) is 13.4. The number of alkyl halides is 2. The van der Waals surface area contributed by atoms with Crippen LogP contribution in [0.4, 0.5) is 19.4 Å². The largest absolute Gasteiger partial charge is 0.462 e. The zero-order chi connectivity index (χ0) is 34.3. The van der Waals surface area contributed by atoms with Crippen LogP contribution < -0.4 is 11.0 Å². The van der Waals surface area contributed by atoms with E-state index in [0.717, 1.165) is 43.4 Å². The van der Waals surface area contributed by atoms with E-state index >= 15 is 0 Å². The summed E-state index contributed by atoms with van der Waals surface area (Å²) in [6, 6.07) is 1.07. The summed E-state index contributed by atoms with van der Waals surface area (Å²) in [5.74, 6) is -1.79. The fraction of sp³-hybridized carbons (Fsp3) is 0.818. The van der Waals surface area contributed by atoms with Gasteiger partial charge in [0.1, 0.15) is 25.1 Å². The highest BCUT2D eigenvalue weighted by Crippen LogP contribution is 2.42. The van der Waals surface area contributed by atoms with Gasteiger partial charge in [-0.1, -0.05) is 92.4 Å². The van der Waals surface area contributed by atoms with Crippen LogP contribution in [0.5, 0.6) is 0 Å². The quantitative estimate of drug-likeness (QED) is 0.105. The molecule has 1 aliphatic rings. The number of aliphatic hydroxyl groups is 2. The van der Waals surface area contributed by atoms with Crippen LogP contribution in [0, 0.1) is 23.7 Å². The van der Waals surface area contributed by atoms with Crippen molar-refractivity contribution in [3.8, 4) is 0 Å². The molecule has 264 valence electrons. The third kappa shape index (κ3) is 13.6. The Morgan fingerprint density at radius 1 is 0.957 bits per heavy atom. The maximum atomic E-state index is 14.3. The van der Waals surface area contributed by atoms with Gasteiger partial charge in [0.05, 0.1) is 6.61 Å². The van der Waals surface area contributed by atoms with Gasteiger partial charge < -0.3 is 24.4 Å². The van der Waals surface area contributed by atoms with E-state index in [1.165, 1.54) is 44.9 Å². The smallest absolute Gasteiger partial charge is 0.412 e. The monoisotopic (exact) mass is 659 g/mol. The molecule has 4 unspecified atom stereocenters. The van der Waals surface area contributed by atoms with E-state index in [1.54, 1.807) is 0 Å². The molecule has 1 amide bonds. The van der Waals surface area contributed by atoms with Crippen LogP contribution in [0.15, 0.2) is 17.1 Å². The van der Waals surface area contributed by atoms with Gasteiger partial charge >= 0.3 is 23.7 Å². The van der Waals surface area contributed by atoms with Gasteiger partial charge in [-0.15, -0.1) is 0 Å². The maximum Gasteiger partial charge on any atom is 0.412 e. The van der Waals surface area contributed by atoms with Crippen molar-refractivity contribution in [2.45, 2.75) is 130 Å². The third-order valence-electron chi connectivity index (χ3n) is 8.56. The Morgan fingerprint density at radius 2 is 1.50 bits per heavy atom. The van der Waals surface area contributed by atoms with E-state index in [-0.39, 0.29) is 31.4 Å². The summed E-state index contributed by atoms with van der Waals surface area (Å²) in [4.78, 5) is 39.9. The third-order valence-corrected chi connectivity index (χ3v) is 8.56. The van der Waals surface area contributed by atoms with Crippen LogP contribution >= 0.6 is 0 Å². The van der Waals surface area contributed by atoms with Crippen LogP contribution in [0.2, 0.25) is 0 Å². The Morgan fingerprint density at radius 3 is 2.02 bits per heavy atom. The van der Waals surface area contributed by atoms with Crippen molar-refractivity contribution in [2.75, 3.05) is 25.1 Å². The van der Waals surface area contributed by atoms with Crippen molar-refractivity contribution in [3.05, 3.63) is 22.7 Å². The molecular weight excluding hydrogens is 604 g/mol. The molecule has 1 saturated heterocycles. The minimum absolute atomic E-state index is 0.147. The van der Waals surface area contributed by atoms with Gasteiger partial charge in [-0.05, 0) is 36.2 Å². The molecule has 0 bridgehead atoms. The summed E-state index contributed by atoms with van der Waals surface area (Å²) in [5.41, 5.74) is -1.18. The first-order chi connectivity index (χ1) is 21.7. The zero-order valence-electron chi connectivity index (χ0n) is 28.1. The fourth-order valence-corrected chi connectivity index (χ4v) is 5.58. The second kappa shape index (κ2) is 19.9. The van der Waals surface area contributed by atoms with Crippen molar-refractivity contribution in [2.24, 2.45) is 23.7 Å². The summed E-state index contributed by atoms with van der Waals surface area (Å²) in [6.45, 7) is 10.2. The lowest BCUT2D eigenvalue weighted by Crippen LogP contribution is -2.41. The number of aliphatic hydroxyl groups excluding tert-OH is 2. The molecule has 11 nitrogen and oxygen atoms in total. The summed E-state index contributed by atoms with van der Waals surface area (Å²) in [6.07, 6.45) is 6.12. The first-order valence-electron chi connectivity index (χ1n) is 16.7. The number of carbonyl (C=O) groups is 2. The number of hydrogen-bond donors (Lipinski definition) is 3. The number of nitrogens with zero attached hydrogens (tertiary/aromatic N) is 2. The standard InChI is InChI=1S/C33H55F2N3O8/c1-22(2)9-6-10-23(3)11-7-12-24(4)13-8-14-25(5)15-16-28(40)44-19-20-45-32(43)37-27-17-18-38(31(42)36-27)30-33(34,35)29(41)26(21-39)46-30/h17-18,22-26,29-30,39,41H,6-16,19-21H2,1-5H3,(H,36,37,42,43)/t23?,24?,25?,26-,29?,30-/m1/s1. The lowest BCUT2D eigenvalue weighted by atomic mass is 9.90. The maximum absolute atomic E-state index is 14.3. The molecule has 6 atom stereocenters. The van der Waals surface area contributed by atoms with Crippen molar-refractivity contribution in [1.29, 1.82) is 0 Å². The second-order valence-corrected chi connectivity index (χ2v) is 13.4. The topological polar surface area (TPSA) is 149 Å². The number of amides is 1. The Hall–Kier alpha value is -2.64. The van der Waals surface area contributed by atoms with Gasteiger partial charge in [-0.3, -0.25) is 14.7 Å². The molecular formula is C33H55F2N3O8. The van der Waals surface area contributed by atoms with Crippen LogP contribution in [0.3, 0.4) is 0 Å². The number of ether oxygens (including phenoxy) is 3. The molecule has 13 heteroatoms. The number of nitrogens with one attached hydrogen (secondary N) is 1. The van der Waals surface area contributed by atoms with Gasteiger partial charge in [0, 0.05) is 12.6 Å². The number of anilines is 1. The molecule has 1 aliphatic heterocycles. The van der Waals surface area contributed by atoms with Crippen molar-refractivity contribution in [1.82, 2.24) is 9.55 Å². The number of aromatic nitrogens is 2. The molecule has 0 spiro atoms. The molecule has 3 N–H and O–H groups in total. The molecule has 1 aromatic heterocycles. The van der Waals surface area contributed by atoms with Gasteiger partial charge in [0.25, 0.3) is 0 Å². The van der Waals surface area contributed by atoms with Crippen molar-refractivity contribution in [3.63, 3.8) is 0 Å². The Bertz CT molecular complexity index is 1120. The molecule has 0 saturated carbocycles. The molecule has 46 heavy (non-hydrogen) atoms. The minimum atomic E-state index is -3.86. The summed E-state index contributed by atoms with van der Waals surface area (Å²) >= 11 is 0. The van der Waals surface area contributed by atoms with Crippen LogP contribution in [0.25, 0.3) is 0 Å². The van der Waals surface area contributed by atoms with E-state index in [0.29, 0.717) is 16.4 Å². The van der Waals surface area contributed by atoms with Gasteiger partial charge in [0.15, 0.2) is 6.10 Å². The Balaban J connectivity index is 1.56. The summed E-state index contributed by atoms with van der Waals surface area (Å²) in [7, 11) is 0. The number of carbonyl (C=O) groups excluding carboxylic acids is 2. The number of rotatable bonds is 21. The first kappa shape index (κ1) is 39.5. The molecule has 0 aromatic carbocycles. The van der Waals surface area contributed by atoms with Crippen LogP contribution in [-0.4, -0.2) is 69.8 Å². The molecule has 1 aromatic rings. The highest BCUT2D eigenvalue weighted by molar-refractivity contribution is 5.83. The summed E-state index contributed by atoms with van der Waals surface area (Å²) in [5, 5.41) is 20.9.